The van der Waals surface area contributed by atoms with Crippen LogP contribution in [0.15, 0.2) is 24.3 Å². The molecule has 1 atom stereocenters. The molecule has 0 amide bonds. The number of halogens is 3. The number of aryl methyl sites for hydroxylation is 1. The lowest BCUT2D eigenvalue weighted by atomic mass is 9.82. The van der Waals surface area contributed by atoms with Crippen molar-refractivity contribution in [2.75, 3.05) is 6.61 Å². The van der Waals surface area contributed by atoms with Gasteiger partial charge in [-0.15, -0.1) is 0 Å². The quantitative estimate of drug-likeness (QED) is 0.496. The second kappa shape index (κ2) is 10.1. The van der Waals surface area contributed by atoms with E-state index < -0.39 is 18.5 Å². The number of aliphatic hydroxyl groups is 1. The van der Waals surface area contributed by atoms with Gasteiger partial charge in [-0.2, -0.15) is 13.2 Å². The van der Waals surface area contributed by atoms with E-state index in [1.165, 1.54) is 5.56 Å². The minimum Gasteiger partial charge on any atom is -0.462 e. The van der Waals surface area contributed by atoms with Gasteiger partial charge in [0.25, 0.3) is 0 Å². The van der Waals surface area contributed by atoms with Gasteiger partial charge in [0.1, 0.15) is 6.10 Å². The maximum Gasteiger partial charge on any atom is 0.389 e. The normalized spacial score (nSPS) is 21.7. The molecule has 1 aliphatic carbocycles. The molecule has 1 aromatic rings. The van der Waals surface area contributed by atoms with Crippen molar-refractivity contribution in [3.63, 3.8) is 0 Å². The summed E-state index contributed by atoms with van der Waals surface area (Å²) in [5.41, 5.74) is 2.31. The van der Waals surface area contributed by atoms with E-state index in [4.69, 9.17) is 9.84 Å². The topological polar surface area (TPSA) is 46.5 Å². The summed E-state index contributed by atoms with van der Waals surface area (Å²) in [6.45, 7) is 1.45. The zero-order valence-corrected chi connectivity index (χ0v) is 15.8. The third-order valence-corrected chi connectivity index (χ3v) is 5.26. The summed E-state index contributed by atoms with van der Waals surface area (Å²) in [4.78, 5) is 11.7. The molecule has 1 saturated carbocycles. The number of hydrogen-bond acceptors (Lipinski definition) is 3. The lowest BCUT2D eigenvalue weighted by Gasteiger charge is -2.29. The predicted molar refractivity (Wildman–Crippen MR) is 97.4 cm³/mol. The average molecular weight is 386 g/mol. The van der Waals surface area contributed by atoms with Crippen molar-refractivity contribution in [2.45, 2.75) is 76.5 Å². The van der Waals surface area contributed by atoms with Crippen molar-refractivity contribution >= 4 is 5.97 Å². The monoisotopic (exact) mass is 386 g/mol. The standard InChI is InChI=1S/C21H29F3O3/c1-15(14-25)20(26)27-19-11-9-18(10-12-19)17-7-5-16(6-8-17)4-2-3-13-21(22,23)24/h5-8,15,18-19,25H,2-4,9-14H2,1H3. The maximum absolute atomic E-state index is 12.2. The number of esters is 1. The van der Waals surface area contributed by atoms with Crippen LogP contribution in [0.1, 0.15) is 68.9 Å². The third-order valence-electron chi connectivity index (χ3n) is 5.26. The van der Waals surface area contributed by atoms with Gasteiger partial charge in [-0.05, 0) is 68.9 Å². The summed E-state index contributed by atoms with van der Waals surface area (Å²) in [7, 11) is 0. The summed E-state index contributed by atoms with van der Waals surface area (Å²) in [5, 5.41) is 9.00. The zero-order valence-electron chi connectivity index (χ0n) is 15.8. The van der Waals surface area contributed by atoms with E-state index >= 15 is 0 Å². The van der Waals surface area contributed by atoms with Gasteiger partial charge >= 0.3 is 12.1 Å². The van der Waals surface area contributed by atoms with Gasteiger partial charge in [0, 0.05) is 6.42 Å². The summed E-state index contributed by atoms with van der Waals surface area (Å²) in [6.07, 6.45) is 0.0416. The highest BCUT2D eigenvalue weighted by Gasteiger charge is 2.27. The molecule has 0 bridgehead atoms. The van der Waals surface area contributed by atoms with E-state index in [1.807, 2.05) is 12.1 Å². The number of aliphatic hydroxyl groups excluding tert-OH is 1. The molecule has 152 valence electrons. The Hall–Kier alpha value is -1.56. The van der Waals surface area contributed by atoms with Crippen LogP contribution in [0.4, 0.5) is 13.2 Å². The lowest BCUT2D eigenvalue weighted by molar-refractivity contribution is -0.156. The molecule has 2 rings (SSSR count). The number of hydrogen-bond donors (Lipinski definition) is 1. The Morgan fingerprint density at radius 3 is 2.33 bits per heavy atom. The molecule has 0 heterocycles. The predicted octanol–water partition coefficient (Wildman–Crippen LogP) is 5.16. The van der Waals surface area contributed by atoms with E-state index in [2.05, 4.69) is 12.1 Å². The first-order chi connectivity index (χ1) is 12.8. The van der Waals surface area contributed by atoms with Crippen LogP contribution in [0, 0.1) is 5.92 Å². The molecule has 0 radical (unpaired) electrons. The van der Waals surface area contributed by atoms with Crippen LogP contribution in [0.3, 0.4) is 0 Å². The summed E-state index contributed by atoms with van der Waals surface area (Å²) < 4.78 is 41.9. The Labute approximate surface area is 158 Å². The maximum atomic E-state index is 12.2. The molecular formula is C21H29F3O3. The van der Waals surface area contributed by atoms with E-state index in [-0.39, 0.29) is 25.1 Å². The van der Waals surface area contributed by atoms with E-state index in [9.17, 15) is 18.0 Å². The Balaban J connectivity index is 1.74. The summed E-state index contributed by atoms with van der Waals surface area (Å²) in [6, 6.07) is 8.17. The van der Waals surface area contributed by atoms with Gasteiger partial charge in [-0.3, -0.25) is 4.79 Å². The number of ether oxygens (including phenoxy) is 1. The van der Waals surface area contributed by atoms with E-state index in [1.54, 1.807) is 6.92 Å². The van der Waals surface area contributed by atoms with Gasteiger partial charge in [0.05, 0.1) is 12.5 Å². The molecule has 1 aromatic carbocycles. The molecule has 1 unspecified atom stereocenters. The number of carbonyl (C=O) groups excluding carboxylic acids is 1. The first-order valence-corrected chi connectivity index (χ1v) is 9.75. The molecule has 1 aliphatic rings. The van der Waals surface area contributed by atoms with Gasteiger partial charge < -0.3 is 9.84 Å². The number of alkyl halides is 3. The van der Waals surface area contributed by atoms with Crippen molar-refractivity contribution in [1.82, 2.24) is 0 Å². The zero-order chi connectivity index (χ0) is 19.9. The van der Waals surface area contributed by atoms with Crippen molar-refractivity contribution in [3.8, 4) is 0 Å². The molecular weight excluding hydrogens is 357 g/mol. The van der Waals surface area contributed by atoms with Crippen LogP contribution < -0.4 is 0 Å². The highest BCUT2D eigenvalue weighted by molar-refractivity contribution is 5.72. The first-order valence-electron chi connectivity index (χ1n) is 9.75. The van der Waals surface area contributed by atoms with Gasteiger partial charge in [0.2, 0.25) is 0 Å². The Bertz CT molecular complexity index is 575. The first kappa shape index (κ1) is 21.7. The minimum atomic E-state index is -4.06. The van der Waals surface area contributed by atoms with Crippen LogP contribution in [0.2, 0.25) is 0 Å². The fourth-order valence-electron chi connectivity index (χ4n) is 3.48. The van der Waals surface area contributed by atoms with Crippen LogP contribution in [0.25, 0.3) is 0 Å². The van der Waals surface area contributed by atoms with Gasteiger partial charge in [-0.1, -0.05) is 24.3 Å². The van der Waals surface area contributed by atoms with Crippen molar-refractivity contribution in [1.29, 1.82) is 0 Å². The van der Waals surface area contributed by atoms with Crippen LogP contribution in [-0.2, 0) is 16.0 Å². The second-order valence-corrected chi connectivity index (χ2v) is 7.56. The largest absolute Gasteiger partial charge is 0.462 e. The average Bonchev–Trinajstić information content (AvgIpc) is 2.65. The second-order valence-electron chi connectivity index (χ2n) is 7.56. The fourth-order valence-corrected chi connectivity index (χ4v) is 3.48. The summed E-state index contributed by atoms with van der Waals surface area (Å²) in [5.74, 6) is -0.392. The number of benzene rings is 1. The number of carbonyl (C=O) groups is 1. The Morgan fingerprint density at radius 2 is 1.78 bits per heavy atom. The van der Waals surface area contributed by atoms with Crippen molar-refractivity contribution in [2.24, 2.45) is 5.92 Å². The molecule has 0 spiro atoms. The minimum absolute atomic E-state index is 0.0735. The van der Waals surface area contributed by atoms with Crippen LogP contribution in [-0.4, -0.2) is 30.0 Å². The molecule has 3 nitrogen and oxygen atoms in total. The summed E-state index contributed by atoms with van der Waals surface area (Å²) >= 11 is 0. The highest BCUT2D eigenvalue weighted by Crippen LogP contribution is 2.34. The van der Waals surface area contributed by atoms with Crippen molar-refractivity contribution in [3.05, 3.63) is 35.4 Å². The number of rotatable bonds is 8. The van der Waals surface area contributed by atoms with Crippen LogP contribution in [0.5, 0.6) is 0 Å². The van der Waals surface area contributed by atoms with Gasteiger partial charge in [0.15, 0.2) is 0 Å². The third kappa shape index (κ3) is 7.53. The Morgan fingerprint density at radius 1 is 1.15 bits per heavy atom. The molecule has 0 aromatic heterocycles. The highest BCUT2D eigenvalue weighted by atomic mass is 19.4. The molecule has 1 N–H and O–H groups in total. The molecule has 0 aliphatic heterocycles. The van der Waals surface area contributed by atoms with E-state index in [0.29, 0.717) is 18.8 Å². The smallest absolute Gasteiger partial charge is 0.389 e. The molecule has 0 saturated heterocycles. The van der Waals surface area contributed by atoms with Gasteiger partial charge in [-0.25, -0.2) is 0 Å². The molecule has 1 fully saturated rings. The lowest BCUT2D eigenvalue weighted by Crippen LogP contribution is -2.27. The fraction of sp³-hybridized carbons (Fsp3) is 0.667. The molecule has 27 heavy (non-hydrogen) atoms. The van der Waals surface area contributed by atoms with E-state index in [0.717, 1.165) is 31.2 Å². The van der Waals surface area contributed by atoms with Crippen LogP contribution >= 0.6 is 0 Å². The Kier molecular flexibility index (Phi) is 8.14. The SMILES string of the molecule is CC(CO)C(=O)OC1CCC(c2ccc(CCCCC(F)(F)F)cc2)CC1. The number of unbranched alkanes of at least 4 members (excludes halogenated alkanes) is 1. The molecule has 6 heteroatoms. The van der Waals surface area contributed by atoms with Crippen molar-refractivity contribution < 1.29 is 27.8 Å².